The van der Waals surface area contributed by atoms with E-state index in [0.29, 0.717) is 0 Å². The summed E-state index contributed by atoms with van der Waals surface area (Å²) in [7, 11) is 0. The summed E-state index contributed by atoms with van der Waals surface area (Å²) < 4.78 is 63.8. The fraction of sp³-hybridized carbons (Fsp3) is 0.400. The van der Waals surface area contributed by atoms with E-state index in [1.807, 2.05) is 0 Å². The van der Waals surface area contributed by atoms with Gasteiger partial charge >= 0.3 is 12.8 Å². The molecular formula is C10H11ClF5NO. The van der Waals surface area contributed by atoms with Crippen molar-refractivity contribution in [3.8, 4) is 5.75 Å². The fourth-order valence-electron chi connectivity index (χ4n) is 1.26. The van der Waals surface area contributed by atoms with Gasteiger partial charge in [0.15, 0.2) is 0 Å². The molecule has 0 bridgehead atoms. The van der Waals surface area contributed by atoms with E-state index in [4.69, 9.17) is 5.73 Å². The summed E-state index contributed by atoms with van der Waals surface area (Å²) in [6.45, 7) is -2.97. The van der Waals surface area contributed by atoms with Gasteiger partial charge in [-0.3, -0.25) is 0 Å². The maximum atomic E-state index is 12.0. The second-order valence-electron chi connectivity index (χ2n) is 3.37. The van der Waals surface area contributed by atoms with Crippen LogP contribution in [0.3, 0.4) is 0 Å². The molecule has 0 unspecified atom stereocenters. The Kier molecular flexibility index (Phi) is 6.34. The molecule has 2 nitrogen and oxygen atoms in total. The maximum Gasteiger partial charge on any atom is 0.390 e. The lowest BCUT2D eigenvalue weighted by molar-refractivity contribution is -0.138. The molecule has 104 valence electrons. The first-order valence-corrected chi connectivity index (χ1v) is 4.65. The minimum atomic E-state index is -4.36. The Balaban J connectivity index is 0.00000289. The second-order valence-corrected chi connectivity index (χ2v) is 3.37. The monoisotopic (exact) mass is 291 g/mol. The molecular weight excluding hydrogens is 281 g/mol. The highest BCUT2D eigenvalue weighted by molar-refractivity contribution is 5.85. The molecule has 1 rings (SSSR count). The number of nitrogens with two attached hydrogens (primary N) is 1. The summed E-state index contributed by atoms with van der Waals surface area (Å²) in [6.07, 6.45) is -5.53. The molecule has 1 aromatic carbocycles. The highest BCUT2D eigenvalue weighted by atomic mass is 35.5. The predicted molar refractivity (Wildman–Crippen MR) is 57.9 cm³/mol. The number of rotatable bonds is 4. The summed E-state index contributed by atoms with van der Waals surface area (Å²) in [4.78, 5) is 0. The second kappa shape index (κ2) is 6.75. The van der Waals surface area contributed by atoms with Crippen molar-refractivity contribution in [2.75, 3.05) is 0 Å². The Labute approximate surface area is 106 Å². The molecule has 0 heterocycles. The van der Waals surface area contributed by atoms with Crippen LogP contribution in [-0.4, -0.2) is 12.8 Å². The predicted octanol–water partition coefficient (Wildman–Crippen LogP) is 3.66. The maximum absolute atomic E-state index is 12.0. The summed E-state index contributed by atoms with van der Waals surface area (Å²) in [5.41, 5.74) is 5.54. The first-order valence-electron chi connectivity index (χ1n) is 4.65. The van der Waals surface area contributed by atoms with Gasteiger partial charge in [0.1, 0.15) is 5.75 Å². The third kappa shape index (κ3) is 6.02. The van der Waals surface area contributed by atoms with Crippen molar-refractivity contribution < 1.29 is 26.7 Å². The van der Waals surface area contributed by atoms with Gasteiger partial charge in [-0.2, -0.15) is 22.0 Å². The fourth-order valence-corrected chi connectivity index (χ4v) is 1.26. The smallest absolute Gasteiger partial charge is 0.390 e. The van der Waals surface area contributed by atoms with E-state index in [1.165, 1.54) is 12.1 Å². The van der Waals surface area contributed by atoms with Gasteiger partial charge in [0.2, 0.25) is 0 Å². The van der Waals surface area contributed by atoms with Crippen LogP contribution in [0, 0.1) is 0 Å². The number of benzene rings is 1. The van der Waals surface area contributed by atoms with Crippen LogP contribution in [0.25, 0.3) is 0 Å². The van der Waals surface area contributed by atoms with E-state index >= 15 is 0 Å². The van der Waals surface area contributed by atoms with E-state index in [0.717, 1.165) is 12.1 Å². The van der Waals surface area contributed by atoms with Crippen LogP contribution >= 0.6 is 12.4 Å². The van der Waals surface area contributed by atoms with Gasteiger partial charge in [-0.15, -0.1) is 12.4 Å². The van der Waals surface area contributed by atoms with Crippen molar-refractivity contribution in [3.63, 3.8) is 0 Å². The average Bonchev–Trinajstić information content (AvgIpc) is 2.15. The van der Waals surface area contributed by atoms with E-state index in [2.05, 4.69) is 4.74 Å². The number of hydrogen-bond acceptors (Lipinski definition) is 2. The van der Waals surface area contributed by atoms with Crippen molar-refractivity contribution in [2.45, 2.75) is 25.3 Å². The van der Waals surface area contributed by atoms with E-state index in [-0.39, 0.29) is 23.7 Å². The van der Waals surface area contributed by atoms with Crippen molar-refractivity contribution in [3.05, 3.63) is 29.8 Å². The van der Waals surface area contributed by atoms with E-state index in [9.17, 15) is 22.0 Å². The lowest BCUT2D eigenvalue weighted by atomic mass is 10.0. The van der Waals surface area contributed by atoms with Gasteiger partial charge in [-0.05, 0) is 17.7 Å². The third-order valence-corrected chi connectivity index (χ3v) is 1.98. The van der Waals surface area contributed by atoms with E-state index < -0.39 is 25.3 Å². The van der Waals surface area contributed by atoms with Gasteiger partial charge in [0.05, 0.1) is 6.42 Å². The number of alkyl halides is 5. The summed E-state index contributed by atoms with van der Waals surface area (Å²) in [5, 5.41) is 0. The van der Waals surface area contributed by atoms with Crippen LogP contribution in [0.2, 0.25) is 0 Å². The molecule has 0 aliphatic heterocycles. The van der Waals surface area contributed by atoms with Gasteiger partial charge in [-0.1, -0.05) is 12.1 Å². The topological polar surface area (TPSA) is 35.2 Å². The molecule has 0 spiro atoms. The molecule has 0 amide bonds. The zero-order chi connectivity index (χ0) is 13.1. The lowest BCUT2D eigenvalue weighted by Crippen LogP contribution is -2.20. The van der Waals surface area contributed by atoms with Crippen LogP contribution in [-0.2, 0) is 0 Å². The minimum absolute atomic E-state index is 0. The quantitative estimate of drug-likeness (QED) is 0.859. The number of hydrogen-bond donors (Lipinski definition) is 1. The molecule has 0 aromatic heterocycles. The first-order chi connectivity index (χ1) is 7.78. The van der Waals surface area contributed by atoms with Crippen molar-refractivity contribution in [2.24, 2.45) is 5.73 Å². The highest BCUT2D eigenvalue weighted by Crippen LogP contribution is 2.28. The largest absolute Gasteiger partial charge is 0.435 e. The lowest BCUT2D eigenvalue weighted by Gasteiger charge is -2.14. The van der Waals surface area contributed by atoms with Crippen LogP contribution in [0.4, 0.5) is 22.0 Å². The summed E-state index contributed by atoms with van der Waals surface area (Å²) in [5.74, 6) is -0.122. The van der Waals surface area contributed by atoms with Gasteiger partial charge in [0.25, 0.3) is 0 Å². The molecule has 0 radical (unpaired) electrons. The van der Waals surface area contributed by atoms with Gasteiger partial charge in [-0.25, -0.2) is 0 Å². The summed E-state index contributed by atoms with van der Waals surface area (Å²) in [6, 6.07) is 3.55. The Morgan fingerprint density at radius 2 is 1.61 bits per heavy atom. The normalized spacial score (nSPS) is 13.1. The average molecular weight is 292 g/mol. The molecule has 2 N–H and O–H groups in total. The van der Waals surface area contributed by atoms with Crippen LogP contribution < -0.4 is 10.5 Å². The Morgan fingerprint density at radius 1 is 1.11 bits per heavy atom. The zero-order valence-corrected chi connectivity index (χ0v) is 9.77. The molecule has 0 saturated carbocycles. The number of ether oxygens (including phenoxy) is 1. The van der Waals surface area contributed by atoms with Gasteiger partial charge < -0.3 is 10.5 Å². The molecule has 0 saturated heterocycles. The molecule has 8 heteroatoms. The Bertz CT molecular complexity index is 354. The first kappa shape index (κ1) is 16.9. The summed E-state index contributed by atoms with van der Waals surface area (Å²) >= 11 is 0. The minimum Gasteiger partial charge on any atom is -0.435 e. The zero-order valence-electron chi connectivity index (χ0n) is 8.95. The number of halogens is 6. The SMILES string of the molecule is Cl.N[C@H](CC(F)(F)F)c1ccc(OC(F)F)cc1. The van der Waals surface area contributed by atoms with E-state index in [1.54, 1.807) is 0 Å². The molecule has 0 fully saturated rings. The molecule has 0 aliphatic rings. The molecule has 1 aromatic rings. The van der Waals surface area contributed by atoms with Crippen molar-refractivity contribution >= 4 is 12.4 Å². The van der Waals surface area contributed by atoms with Crippen molar-refractivity contribution in [1.82, 2.24) is 0 Å². The van der Waals surface area contributed by atoms with Crippen LogP contribution in [0.5, 0.6) is 5.75 Å². The highest BCUT2D eigenvalue weighted by Gasteiger charge is 2.30. The third-order valence-electron chi connectivity index (χ3n) is 1.98. The standard InChI is InChI=1S/C10H10F5NO.ClH/c11-9(12)17-7-3-1-6(2-4-7)8(16)5-10(13,14)15;/h1-4,8-9H,5,16H2;1H/t8-;/m1./s1. The molecule has 18 heavy (non-hydrogen) atoms. The van der Waals surface area contributed by atoms with Crippen LogP contribution in [0.15, 0.2) is 24.3 Å². The molecule has 1 atom stereocenters. The van der Waals surface area contributed by atoms with Crippen LogP contribution in [0.1, 0.15) is 18.0 Å². The molecule has 0 aliphatic carbocycles. The van der Waals surface area contributed by atoms with Gasteiger partial charge in [0, 0.05) is 6.04 Å². The Hall–Kier alpha value is -1.08. The van der Waals surface area contributed by atoms with Crippen molar-refractivity contribution in [1.29, 1.82) is 0 Å². The Morgan fingerprint density at radius 3 is 2.00 bits per heavy atom.